The number of aryl methyl sites for hydroxylation is 1. The fraction of sp³-hybridized carbons (Fsp3) is 0.143. The highest BCUT2D eigenvalue weighted by Crippen LogP contribution is 2.33. The molecule has 3 N–H and O–H groups in total. The van der Waals surface area contributed by atoms with E-state index < -0.39 is 6.03 Å². The fourth-order valence-electron chi connectivity index (χ4n) is 2.05. The third-order valence-corrected chi connectivity index (χ3v) is 2.84. The second-order valence-electron chi connectivity index (χ2n) is 4.33. The van der Waals surface area contributed by atoms with Crippen molar-refractivity contribution in [3.05, 3.63) is 35.9 Å². The van der Waals surface area contributed by atoms with Gasteiger partial charge in [0.1, 0.15) is 0 Å². The number of primary amides is 1. The Hall–Kier alpha value is -2.76. The van der Waals surface area contributed by atoms with Gasteiger partial charge in [0.05, 0.1) is 5.69 Å². The summed E-state index contributed by atoms with van der Waals surface area (Å²) in [6.07, 6.45) is 0. The molecule has 0 atom stereocenters. The Labute approximate surface area is 115 Å². The van der Waals surface area contributed by atoms with Gasteiger partial charge < -0.3 is 11.1 Å². The predicted octanol–water partition coefficient (Wildman–Crippen LogP) is 3.27. The zero-order valence-electron chi connectivity index (χ0n) is 11.2. The van der Waals surface area contributed by atoms with Crippen molar-refractivity contribution in [3.8, 4) is 0 Å². The van der Waals surface area contributed by atoms with Crippen LogP contribution >= 0.6 is 0 Å². The van der Waals surface area contributed by atoms with E-state index in [-0.39, 0.29) is 5.91 Å². The summed E-state index contributed by atoms with van der Waals surface area (Å²) in [7, 11) is 0. The number of azo groups is 1. The average Bonchev–Trinajstić information content (AvgIpc) is 2.37. The van der Waals surface area contributed by atoms with E-state index in [1.165, 1.54) is 6.92 Å². The molecular formula is C14H14N4O2. The number of hydrogen-bond acceptors (Lipinski definition) is 3. The van der Waals surface area contributed by atoms with Crippen LogP contribution in [0.2, 0.25) is 0 Å². The van der Waals surface area contributed by atoms with Crippen molar-refractivity contribution in [1.82, 2.24) is 0 Å². The lowest BCUT2D eigenvalue weighted by atomic mass is 10.0. The maximum absolute atomic E-state index is 11.3. The molecule has 0 heterocycles. The first-order chi connectivity index (χ1) is 9.49. The van der Waals surface area contributed by atoms with Crippen LogP contribution in [0, 0.1) is 6.92 Å². The van der Waals surface area contributed by atoms with Gasteiger partial charge in [0.25, 0.3) is 0 Å². The minimum absolute atomic E-state index is 0.152. The second-order valence-corrected chi connectivity index (χ2v) is 4.33. The molecule has 0 saturated carbocycles. The highest BCUT2D eigenvalue weighted by molar-refractivity contribution is 6.04. The van der Waals surface area contributed by atoms with Crippen LogP contribution < -0.4 is 11.1 Å². The number of carbonyl (C=O) groups excluding carboxylic acids is 2. The van der Waals surface area contributed by atoms with Crippen molar-refractivity contribution in [2.75, 3.05) is 5.32 Å². The monoisotopic (exact) mass is 270 g/mol. The second kappa shape index (κ2) is 5.48. The molecular weight excluding hydrogens is 256 g/mol. The Bertz CT molecular complexity index is 722. The molecule has 2 aromatic carbocycles. The van der Waals surface area contributed by atoms with Gasteiger partial charge >= 0.3 is 6.03 Å². The predicted molar refractivity (Wildman–Crippen MR) is 77.1 cm³/mol. The molecule has 0 spiro atoms. The highest BCUT2D eigenvalue weighted by atomic mass is 16.2. The molecule has 0 aromatic heterocycles. The van der Waals surface area contributed by atoms with Crippen molar-refractivity contribution in [2.45, 2.75) is 13.8 Å². The van der Waals surface area contributed by atoms with Gasteiger partial charge in [-0.2, -0.15) is 0 Å². The zero-order valence-corrected chi connectivity index (χ0v) is 11.2. The molecule has 6 heteroatoms. The van der Waals surface area contributed by atoms with Crippen LogP contribution in [0.1, 0.15) is 12.5 Å². The molecule has 0 radical (unpaired) electrons. The number of fused-ring (bicyclic) bond motifs is 1. The molecule has 0 aliphatic carbocycles. The van der Waals surface area contributed by atoms with Crippen LogP contribution in [-0.2, 0) is 4.79 Å². The summed E-state index contributed by atoms with van der Waals surface area (Å²) in [6.45, 7) is 3.30. The van der Waals surface area contributed by atoms with Crippen molar-refractivity contribution >= 4 is 34.1 Å². The maximum Gasteiger partial charge on any atom is 0.356 e. The van der Waals surface area contributed by atoms with Crippen molar-refractivity contribution in [3.63, 3.8) is 0 Å². The Morgan fingerprint density at radius 2 is 1.95 bits per heavy atom. The first-order valence-electron chi connectivity index (χ1n) is 6.00. The lowest BCUT2D eigenvalue weighted by Gasteiger charge is -2.11. The van der Waals surface area contributed by atoms with Gasteiger partial charge in [-0.15, -0.1) is 5.11 Å². The molecule has 3 amide bonds. The number of nitrogens with zero attached hydrogens (tertiary/aromatic N) is 2. The fourth-order valence-corrected chi connectivity index (χ4v) is 2.05. The van der Waals surface area contributed by atoms with Gasteiger partial charge in [-0.3, -0.25) is 4.79 Å². The van der Waals surface area contributed by atoms with Gasteiger partial charge in [0.2, 0.25) is 5.91 Å². The summed E-state index contributed by atoms with van der Waals surface area (Å²) >= 11 is 0. The standard InChI is InChI=1S/C14H14N4O2/c1-8-11(17-18-14(15)20)7-6-10-4-3-5-12(13(8)10)16-9(2)19/h3-7H,1-2H3,(H2,15,20)(H,16,19). The SMILES string of the molecule is CC(=O)Nc1cccc2ccc(N=NC(N)=O)c(C)c12. The summed E-state index contributed by atoms with van der Waals surface area (Å²) < 4.78 is 0. The molecule has 102 valence electrons. The Morgan fingerprint density at radius 1 is 1.20 bits per heavy atom. The van der Waals surface area contributed by atoms with Crippen molar-refractivity contribution < 1.29 is 9.59 Å². The summed E-state index contributed by atoms with van der Waals surface area (Å²) in [6, 6.07) is 8.36. The maximum atomic E-state index is 11.3. The molecule has 0 saturated heterocycles. The van der Waals surface area contributed by atoms with Crippen LogP contribution in [0.15, 0.2) is 40.6 Å². The molecule has 0 unspecified atom stereocenters. The highest BCUT2D eigenvalue weighted by Gasteiger charge is 2.08. The van der Waals surface area contributed by atoms with Crippen molar-refractivity contribution in [2.24, 2.45) is 16.0 Å². The smallest absolute Gasteiger partial charge is 0.348 e. The van der Waals surface area contributed by atoms with Crippen LogP contribution in [0.3, 0.4) is 0 Å². The number of carbonyl (C=O) groups is 2. The number of hydrogen-bond donors (Lipinski definition) is 2. The topological polar surface area (TPSA) is 96.9 Å². The van der Waals surface area contributed by atoms with Crippen LogP contribution in [0.25, 0.3) is 10.8 Å². The van der Waals surface area contributed by atoms with Gasteiger partial charge in [-0.25, -0.2) is 4.79 Å². The number of urea groups is 1. The minimum Gasteiger partial charge on any atom is -0.348 e. The summed E-state index contributed by atoms with van der Waals surface area (Å²) in [5.74, 6) is -0.152. The number of amides is 3. The first kappa shape index (κ1) is 13.7. The Balaban J connectivity index is 2.63. The molecule has 0 aliphatic heterocycles. The van der Waals surface area contributed by atoms with Gasteiger partial charge in [-0.05, 0) is 30.0 Å². The van der Waals surface area contributed by atoms with Gasteiger partial charge in [0.15, 0.2) is 0 Å². The minimum atomic E-state index is -0.848. The lowest BCUT2D eigenvalue weighted by molar-refractivity contribution is -0.114. The van der Waals surface area contributed by atoms with E-state index in [2.05, 4.69) is 15.5 Å². The third-order valence-electron chi connectivity index (χ3n) is 2.84. The van der Waals surface area contributed by atoms with Crippen LogP contribution in [-0.4, -0.2) is 11.9 Å². The van der Waals surface area contributed by atoms with E-state index in [4.69, 9.17) is 5.73 Å². The molecule has 2 rings (SSSR count). The Kier molecular flexibility index (Phi) is 3.74. The molecule has 0 aliphatic rings. The van der Waals surface area contributed by atoms with E-state index in [1.807, 2.05) is 31.2 Å². The first-order valence-corrected chi connectivity index (χ1v) is 6.00. The van der Waals surface area contributed by atoms with E-state index in [1.54, 1.807) is 6.07 Å². The zero-order chi connectivity index (χ0) is 14.7. The molecule has 0 bridgehead atoms. The number of anilines is 1. The number of nitrogens with one attached hydrogen (secondary N) is 1. The van der Waals surface area contributed by atoms with E-state index >= 15 is 0 Å². The number of benzene rings is 2. The molecule has 2 aromatic rings. The molecule has 0 fully saturated rings. The average molecular weight is 270 g/mol. The summed E-state index contributed by atoms with van der Waals surface area (Å²) in [5.41, 5.74) is 6.99. The van der Waals surface area contributed by atoms with Crippen molar-refractivity contribution in [1.29, 1.82) is 0 Å². The Morgan fingerprint density at radius 3 is 2.60 bits per heavy atom. The molecule has 20 heavy (non-hydrogen) atoms. The van der Waals surface area contributed by atoms with Gasteiger partial charge in [-0.1, -0.05) is 23.3 Å². The van der Waals surface area contributed by atoms with E-state index in [0.717, 1.165) is 16.3 Å². The van der Waals surface area contributed by atoms with E-state index in [9.17, 15) is 9.59 Å². The van der Waals surface area contributed by atoms with Crippen LogP contribution in [0.5, 0.6) is 0 Å². The lowest BCUT2D eigenvalue weighted by Crippen LogP contribution is -2.06. The quantitative estimate of drug-likeness (QED) is 0.819. The normalized spacial score (nSPS) is 10.9. The third kappa shape index (κ3) is 2.80. The van der Waals surface area contributed by atoms with Crippen LogP contribution in [0.4, 0.5) is 16.2 Å². The van der Waals surface area contributed by atoms with Gasteiger partial charge in [0, 0.05) is 18.0 Å². The summed E-state index contributed by atoms with van der Waals surface area (Å²) in [5, 5.41) is 11.7. The molecule has 6 nitrogen and oxygen atoms in total. The largest absolute Gasteiger partial charge is 0.356 e. The van der Waals surface area contributed by atoms with E-state index in [0.29, 0.717) is 11.4 Å². The number of nitrogens with two attached hydrogens (primary N) is 1. The summed E-state index contributed by atoms with van der Waals surface area (Å²) in [4.78, 5) is 21.9. The number of rotatable bonds is 2.